The summed E-state index contributed by atoms with van der Waals surface area (Å²) in [6, 6.07) is 2.62. The minimum Gasteiger partial charge on any atom is -0.371 e. The van der Waals surface area contributed by atoms with Gasteiger partial charge in [0.1, 0.15) is 12.4 Å². The topological polar surface area (TPSA) is 34.1 Å². The lowest BCUT2D eigenvalue weighted by atomic mass is 10.2. The van der Waals surface area contributed by atoms with Crippen molar-refractivity contribution >= 4 is 0 Å². The number of ether oxygens (including phenoxy) is 1. The Morgan fingerprint density at radius 2 is 2.11 bits per heavy atom. The number of nitrogens with one attached hydrogen (secondary N) is 1. The first kappa shape index (κ1) is 14.8. The van der Waals surface area contributed by atoms with Crippen LogP contribution in [0.1, 0.15) is 18.7 Å². The summed E-state index contributed by atoms with van der Waals surface area (Å²) in [5, 5.41) is 2.93. The molecule has 1 unspecified atom stereocenters. The zero-order valence-electron chi connectivity index (χ0n) is 9.80. The molecule has 0 aliphatic carbocycles. The summed E-state index contributed by atoms with van der Waals surface area (Å²) in [5.74, 6) is -0.431. The molecular formula is C11H14F4N2O. The number of hydrogen-bond acceptors (Lipinski definition) is 3. The number of pyridine rings is 1. The van der Waals surface area contributed by atoms with Crippen molar-refractivity contribution in [3.05, 3.63) is 29.8 Å². The van der Waals surface area contributed by atoms with Crippen molar-refractivity contribution < 1.29 is 22.3 Å². The quantitative estimate of drug-likeness (QED) is 0.634. The molecular weight excluding hydrogens is 252 g/mol. The molecule has 1 aromatic heterocycles. The molecule has 1 heterocycles. The average molecular weight is 266 g/mol. The number of halogens is 4. The van der Waals surface area contributed by atoms with Crippen LogP contribution in [-0.4, -0.2) is 30.9 Å². The van der Waals surface area contributed by atoms with Gasteiger partial charge in [-0.1, -0.05) is 0 Å². The summed E-state index contributed by atoms with van der Waals surface area (Å²) in [7, 11) is 0. The van der Waals surface area contributed by atoms with Gasteiger partial charge < -0.3 is 10.1 Å². The van der Waals surface area contributed by atoms with Crippen LogP contribution in [0, 0.1) is 5.82 Å². The van der Waals surface area contributed by atoms with Gasteiger partial charge in [-0.25, -0.2) is 4.39 Å². The molecule has 1 atom stereocenters. The van der Waals surface area contributed by atoms with Crippen LogP contribution in [0.25, 0.3) is 0 Å². The van der Waals surface area contributed by atoms with Crippen molar-refractivity contribution in [1.29, 1.82) is 0 Å². The highest BCUT2D eigenvalue weighted by atomic mass is 19.4. The Morgan fingerprint density at radius 3 is 2.67 bits per heavy atom. The summed E-state index contributed by atoms with van der Waals surface area (Å²) in [6.45, 7) is 0.739. The first-order chi connectivity index (χ1) is 8.38. The van der Waals surface area contributed by atoms with Gasteiger partial charge in [-0.3, -0.25) is 4.98 Å². The fourth-order valence-corrected chi connectivity index (χ4v) is 1.28. The Morgan fingerprint density at radius 1 is 1.39 bits per heavy atom. The van der Waals surface area contributed by atoms with Gasteiger partial charge in [-0.2, -0.15) is 13.2 Å². The smallest absolute Gasteiger partial charge is 0.371 e. The van der Waals surface area contributed by atoms with Gasteiger partial charge >= 0.3 is 6.18 Å². The van der Waals surface area contributed by atoms with E-state index in [1.54, 1.807) is 6.92 Å². The lowest BCUT2D eigenvalue weighted by molar-refractivity contribution is -0.173. The van der Waals surface area contributed by atoms with E-state index in [4.69, 9.17) is 0 Å². The van der Waals surface area contributed by atoms with E-state index in [2.05, 4.69) is 15.0 Å². The Kier molecular flexibility index (Phi) is 5.49. The molecule has 0 saturated carbocycles. The maximum absolute atomic E-state index is 12.6. The number of alkyl halides is 3. The molecule has 0 aliphatic rings. The van der Waals surface area contributed by atoms with Gasteiger partial charge in [-0.05, 0) is 19.1 Å². The largest absolute Gasteiger partial charge is 0.411 e. The van der Waals surface area contributed by atoms with Crippen molar-refractivity contribution in [2.75, 3.05) is 19.8 Å². The van der Waals surface area contributed by atoms with Gasteiger partial charge in [0.05, 0.1) is 18.5 Å². The van der Waals surface area contributed by atoms with E-state index in [-0.39, 0.29) is 19.2 Å². The second kappa shape index (κ2) is 6.65. The fourth-order valence-electron chi connectivity index (χ4n) is 1.28. The van der Waals surface area contributed by atoms with E-state index in [1.807, 2.05) is 0 Å². The van der Waals surface area contributed by atoms with Crippen molar-refractivity contribution in [1.82, 2.24) is 10.3 Å². The Hall–Kier alpha value is -1.21. The third-order valence-corrected chi connectivity index (χ3v) is 2.16. The second-order valence-electron chi connectivity index (χ2n) is 3.74. The highest BCUT2D eigenvalue weighted by Gasteiger charge is 2.27. The van der Waals surface area contributed by atoms with Crippen LogP contribution in [-0.2, 0) is 4.74 Å². The second-order valence-corrected chi connectivity index (χ2v) is 3.74. The van der Waals surface area contributed by atoms with Gasteiger partial charge in [0, 0.05) is 12.6 Å². The zero-order chi connectivity index (χ0) is 13.6. The number of hydrogen-bond donors (Lipinski definition) is 1. The summed E-state index contributed by atoms with van der Waals surface area (Å²) in [4.78, 5) is 3.86. The SMILES string of the molecule is CC(NCCOCC(F)(F)F)c1ccc(F)cn1. The van der Waals surface area contributed by atoms with Gasteiger partial charge in [0.15, 0.2) is 0 Å². The van der Waals surface area contributed by atoms with Crippen LogP contribution in [0.5, 0.6) is 0 Å². The molecule has 7 heteroatoms. The van der Waals surface area contributed by atoms with E-state index in [0.717, 1.165) is 6.20 Å². The van der Waals surface area contributed by atoms with Gasteiger partial charge in [-0.15, -0.1) is 0 Å². The molecule has 0 fully saturated rings. The lowest BCUT2D eigenvalue weighted by Crippen LogP contribution is -2.26. The zero-order valence-corrected chi connectivity index (χ0v) is 9.80. The van der Waals surface area contributed by atoms with E-state index < -0.39 is 18.6 Å². The third kappa shape index (κ3) is 5.92. The van der Waals surface area contributed by atoms with Crippen LogP contribution in [0.15, 0.2) is 18.3 Å². The Bertz CT molecular complexity index is 353. The maximum Gasteiger partial charge on any atom is 0.411 e. The molecule has 18 heavy (non-hydrogen) atoms. The lowest BCUT2D eigenvalue weighted by Gasteiger charge is -2.13. The maximum atomic E-state index is 12.6. The first-order valence-corrected chi connectivity index (χ1v) is 5.38. The van der Waals surface area contributed by atoms with Crippen molar-refractivity contribution in [2.24, 2.45) is 0 Å². The normalized spacial score (nSPS) is 13.6. The third-order valence-electron chi connectivity index (χ3n) is 2.16. The van der Waals surface area contributed by atoms with Crippen LogP contribution in [0.4, 0.5) is 17.6 Å². The fraction of sp³-hybridized carbons (Fsp3) is 0.545. The predicted molar refractivity (Wildman–Crippen MR) is 57.5 cm³/mol. The highest BCUT2D eigenvalue weighted by Crippen LogP contribution is 2.14. The molecule has 0 radical (unpaired) electrons. The molecule has 0 amide bonds. The molecule has 0 bridgehead atoms. The predicted octanol–water partition coefficient (Wildman–Crippen LogP) is 2.45. The summed E-state index contributed by atoms with van der Waals surface area (Å²) in [6.07, 6.45) is -3.21. The van der Waals surface area contributed by atoms with Crippen molar-refractivity contribution in [2.45, 2.75) is 19.1 Å². The molecule has 1 aromatic rings. The van der Waals surface area contributed by atoms with Crippen LogP contribution < -0.4 is 5.32 Å². The van der Waals surface area contributed by atoms with Gasteiger partial charge in [0.25, 0.3) is 0 Å². The van der Waals surface area contributed by atoms with Gasteiger partial charge in [0.2, 0.25) is 0 Å². The van der Waals surface area contributed by atoms with E-state index >= 15 is 0 Å². The Labute approximate surface area is 102 Å². The standard InChI is InChI=1S/C11H14F4N2O/c1-8(10-3-2-9(12)6-17-10)16-4-5-18-7-11(13,14)15/h2-3,6,8,16H,4-5,7H2,1H3. The van der Waals surface area contributed by atoms with Crippen molar-refractivity contribution in [3.63, 3.8) is 0 Å². The molecule has 0 aromatic carbocycles. The summed E-state index contributed by atoms with van der Waals surface area (Å²) < 4.78 is 52.3. The molecule has 1 rings (SSSR count). The monoisotopic (exact) mass is 266 g/mol. The van der Waals surface area contributed by atoms with Crippen LogP contribution in [0.2, 0.25) is 0 Å². The number of aromatic nitrogens is 1. The molecule has 102 valence electrons. The molecule has 0 aliphatic heterocycles. The van der Waals surface area contributed by atoms with E-state index in [9.17, 15) is 17.6 Å². The molecule has 1 N–H and O–H groups in total. The van der Waals surface area contributed by atoms with Crippen LogP contribution >= 0.6 is 0 Å². The average Bonchev–Trinajstić information content (AvgIpc) is 2.27. The minimum absolute atomic E-state index is 0.0506. The first-order valence-electron chi connectivity index (χ1n) is 5.38. The molecule has 0 spiro atoms. The molecule has 0 saturated heterocycles. The van der Waals surface area contributed by atoms with Crippen molar-refractivity contribution in [3.8, 4) is 0 Å². The van der Waals surface area contributed by atoms with Crippen LogP contribution in [0.3, 0.4) is 0 Å². The van der Waals surface area contributed by atoms with E-state index in [1.165, 1.54) is 12.1 Å². The highest BCUT2D eigenvalue weighted by molar-refractivity contribution is 5.08. The number of rotatable bonds is 6. The number of nitrogens with zero attached hydrogens (tertiary/aromatic N) is 1. The molecule has 3 nitrogen and oxygen atoms in total. The minimum atomic E-state index is -4.30. The summed E-state index contributed by atoms with van der Waals surface area (Å²) >= 11 is 0. The van der Waals surface area contributed by atoms with E-state index in [0.29, 0.717) is 5.69 Å². The Balaban J connectivity index is 2.21. The summed E-state index contributed by atoms with van der Waals surface area (Å²) in [5.41, 5.74) is 0.618.